The molecule has 0 rings (SSSR count). The number of rotatable bonds is 63. The van der Waals surface area contributed by atoms with Crippen molar-refractivity contribution >= 4 is 28.9 Å². The summed E-state index contributed by atoms with van der Waals surface area (Å²) in [4.78, 5) is 44.5. The lowest BCUT2D eigenvalue weighted by molar-refractivity contribution is -0.159. The van der Waals surface area contributed by atoms with Crippen LogP contribution in [0, 0.1) is 5.92 Å². The largest absolute Gasteiger partial charge is 0.466 e. The van der Waals surface area contributed by atoms with Gasteiger partial charge < -0.3 is 38.2 Å². The maximum absolute atomic E-state index is 14.3. The van der Waals surface area contributed by atoms with Crippen LogP contribution < -0.4 is 0 Å². The molecule has 0 saturated carbocycles. The van der Waals surface area contributed by atoms with Crippen molar-refractivity contribution in [1.29, 1.82) is 0 Å². The van der Waals surface area contributed by atoms with Crippen molar-refractivity contribution in [3.63, 3.8) is 0 Å². The summed E-state index contributed by atoms with van der Waals surface area (Å²) in [5.74, 6) is 1.05. The Morgan fingerprint density at radius 3 is 1.06 bits per heavy atom. The number of esters is 2. The van der Waals surface area contributed by atoms with Crippen molar-refractivity contribution < 1.29 is 42.8 Å². The number of hydrogen-bond acceptors (Lipinski definition) is 11. The van der Waals surface area contributed by atoms with E-state index in [2.05, 4.69) is 65.4 Å². The quantitative estimate of drug-likeness (QED) is 0.0330. The van der Waals surface area contributed by atoms with E-state index in [0.717, 1.165) is 141 Å². The van der Waals surface area contributed by atoms with Crippen LogP contribution in [0.3, 0.4) is 0 Å². The fourth-order valence-electron chi connectivity index (χ4n) is 10.0. The Balaban J connectivity index is 5.30. The summed E-state index contributed by atoms with van der Waals surface area (Å²) in [5.41, 5.74) is 0. The van der Waals surface area contributed by atoms with Crippen LogP contribution in [-0.2, 0) is 38.0 Å². The molecule has 0 fully saturated rings. The van der Waals surface area contributed by atoms with E-state index >= 15 is 0 Å². The maximum Gasteiger partial charge on any atom is 0.305 e. The number of carbonyl (C=O) groups excluding carboxylic acids is 3. The molecule has 0 heterocycles. The van der Waals surface area contributed by atoms with Crippen molar-refractivity contribution in [1.82, 2.24) is 9.80 Å². The Kier molecular flexibility index (Phi) is 60.0. The third-order valence-corrected chi connectivity index (χ3v) is 16.4. The van der Waals surface area contributed by atoms with Gasteiger partial charge in [0, 0.05) is 57.6 Å². The van der Waals surface area contributed by atoms with Crippen LogP contribution in [0.25, 0.3) is 0 Å². The molecule has 79 heavy (non-hydrogen) atoms. The van der Waals surface area contributed by atoms with Gasteiger partial charge in [0.25, 0.3) is 5.24 Å². The van der Waals surface area contributed by atoms with E-state index in [-0.39, 0.29) is 35.8 Å². The SMILES string of the molecule is CCCCCCCOC(CCC(=O)OCCCCCCCC(CCCCCCCOC(=O)CCC(OCCCCCCC)OCCCCCCC)N(CC(CC)CCN(C)C)C(=O)SCCCCCCC)OCCCCCCC. The summed E-state index contributed by atoms with van der Waals surface area (Å²) in [6.45, 7) is 19.0. The first-order valence-corrected chi connectivity index (χ1v) is 35.0. The van der Waals surface area contributed by atoms with Gasteiger partial charge in [-0.25, -0.2) is 0 Å². The molecule has 0 N–H and O–H groups in total. The molecule has 0 aliphatic heterocycles. The van der Waals surface area contributed by atoms with Gasteiger partial charge in [0.15, 0.2) is 12.6 Å². The monoisotopic (exact) mass is 1140 g/mol. The minimum atomic E-state index is -0.344. The van der Waals surface area contributed by atoms with Crippen LogP contribution in [0.2, 0.25) is 0 Å². The van der Waals surface area contributed by atoms with Gasteiger partial charge >= 0.3 is 11.9 Å². The van der Waals surface area contributed by atoms with Crippen molar-refractivity contribution in [2.24, 2.45) is 5.92 Å². The lowest BCUT2D eigenvalue weighted by Crippen LogP contribution is -2.42. The Morgan fingerprint density at radius 2 is 0.709 bits per heavy atom. The van der Waals surface area contributed by atoms with Crippen molar-refractivity contribution in [3.05, 3.63) is 0 Å². The number of amides is 1. The van der Waals surface area contributed by atoms with Crippen LogP contribution in [0.15, 0.2) is 0 Å². The first-order chi connectivity index (χ1) is 38.6. The van der Waals surface area contributed by atoms with Gasteiger partial charge in [-0.2, -0.15) is 0 Å². The highest BCUT2D eigenvalue weighted by Crippen LogP contribution is 2.26. The average Bonchev–Trinajstić information content (AvgIpc) is 3.44. The van der Waals surface area contributed by atoms with Crippen LogP contribution in [0.4, 0.5) is 4.79 Å². The molecule has 1 amide bonds. The molecular weight excluding hydrogens is 1010 g/mol. The summed E-state index contributed by atoms with van der Waals surface area (Å²) in [6.07, 6.45) is 45.4. The number of nitrogens with zero attached hydrogens (tertiary/aromatic N) is 2. The predicted octanol–water partition coefficient (Wildman–Crippen LogP) is 19.4. The van der Waals surface area contributed by atoms with Crippen LogP contribution in [0.5, 0.6) is 0 Å². The van der Waals surface area contributed by atoms with Crippen molar-refractivity contribution in [2.75, 3.05) is 72.6 Å². The van der Waals surface area contributed by atoms with Gasteiger partial charge in [-0.05, 0) is 90.8 Å². The zero-order valence-corrected chi connectivity index (χ0v) is 54.4. The molecule has 1 atom stereocenters. The normalized spacial score (nSPS) is 12.2. The fourth-order valence-corrected chi connectivity index (χ4v) is 11.0. The summed E-state index contributed by atoms with van der Waals surface area (Å²) < 4.78 is 35.9. The van der Waals surface area contributed by atoms with E-state index in [0.29, 0.717) is 71.2 Å². The van der Waals surface area contributed by atoms with E-state index < -0.39 is 0 Å². The van der Waals surface area contributed by atoms with E-state index in [9.17, 15) is 14.4 Å². The fraction of sp³-hybridized carbons (Fsp3) is 0.955. The predicted molar refractivity (Wildman–Crippen MR) is 336 cm³/mol. The van der Waals surface area contributed by atoms with E-state index in [1.165, 1.54) is 128 Å². The zero-order valence-electron chi connectivity index (χ0n) is 53.6. The number of hydrogen-bond donors (Lipinski definition) is 0. The molecule has 0 saturated heterocycles. The molecule has 0 aromatic rings. The van der Waals surface area contributed by atoms with Gasteiger partial charge in [0.1, 0.15) is 0 Å². The van der Waals surface area contributed by atoms with Crippen LogP contribution >= 0.6 is 11.8 Å². The Hall–Kier alpha value is -1.44. The first kappa shape index (κ1) is 77.6. The molecule has 0 spiro atoms. The van der Waals surface area contributed by atoms with E-state index in [4.69, 9.17) is 28.4 Å². The van der Waals surface area contributed by atoms with Gasteiger partial charge in [-0.3, -0.25) is 14.4 Å². The second kappa shape index (κ2) is 61.1. The highest BCUT2D eigenvalue weighted by atomic mass is 32.2. The molecule has 0 radical (unpaired) electrons. The average molecular weight is 1140 g/mol. The molecule has 0 aliphatic rings. The summed E-state index contributed by atoms with van der Waals surface area (Å²) in [5, 5.41) is 0.274. The van der Waals surface area contributed by atoms with Crippen LogP contribution in [-0.4, -0.2) is 118 Å². The van der Waals surface area contributed by atoms with Gasteiger partial charge in [-0.1, -0.05) is 240 Å². The number of ether oxygens (including phenoxy) is 6. The molecular formula is C67H132N2O9S. The third kappa shape index (κ3) is 53.1. The highest BCUT2D eigenvalue weighted by Gasteiger charge is 2.26. The van der Waals surface area contributed by atoms with Crippen molar-refractivity contribution in [3.8, 4) is 0 Å². The lowest BCUT2D eigenvalue weighted by Gasteiger charge is -2.35. The Morgan fingerprint density at radius 1 is 0.380 bits per heavy atom. The molecule has 11 nitrogen and oxygen atoms in total. The maximum atomic E-state index is 14.3. The minimum absolute atomic E-state index is 0.160. The summed E-state index contributed by atoms with van der Waals surface area (Å²) >= 11 is 1.56. The third-order valence-electron chi connectivity index (χ3n) is 15.4. The molecule has 12 heteroatoms. The molecule has 0 aromatic carbocycles. The Bertz CT molecular complexity index is 1200. The number of carbonyl (C=O) groups is 3. The molecule has 0 aromatic heterocycles. The van der Waals surface area contributed by atoms with E-state index in [1.807, 2.05) is 0 Å². The number of unbranched alkanes of at least 4 members (excludes halogenated alkanes) is 28. The molecule has 1 unspecified atom stereocenters. The standard InChI is InChI=1S/C67H132N2O9S/c1-9-15-20-29-40-55-75-65(76-56-41-30-21-16-10-2)49-47-63(70)73-53-38-33-25-27-36-45-62(69(60-61(14-6)51-52-68(7)8)67(72)79-59-44-35-24-19-13-5)46-37-28-26-34-39-54-74-64(71)48-50-66(77-57-42-31-22-17-11-3)78-58-43-32-23-18-12-4/h61-62,65-66H,9-60H2,1-8H3. The molecule has 0 bridgehead atoms. The first-order valence-electron chi connectivity index (χ1n) is 34.0. The topological polar surface area (TPSA) is 113 Å². The van der Waals surface area contributed by atoms with Gasteiger partial charge in [0.05, 0.1) is 26.1 Å². The minimum Gasteiger partial charge on any atom is -0.466 e. The number of thioether (sulfide) groups is 1. The second-order valence-electron chi connectivity index (χ2n) is 23.3. The summed E-state index contributed by atoms with van der Waals surface area (Å²) in [6, 6.07) is 0.230. The molecule has 0 aliphatic carbocycles. The van der Waals surface area contributed by atoms with Gasteiger partial charge in [-0.15, -0.1) is 0 Å². The Labute approximate surface area is 494 Å². The lowest BCUT2D eigenvalue weighted by atomic mass is 9.96. The van der Waals surface area contributed by atoms with Gasteiger partial charge in [0.2, 0.25) is 0 Å². The smallest absolute Gasteiger partial charge is 0.305 e. The van der Waals surface area contributed by atoms with Crippen molar-refractivity contribution in [2.45, 2.75) is 336 Å². The highest BCUT2D eigenvalue weighted by molar-refractivity contribution is 8.13. The summed E-state index contributed by atoms with van der Waals surface area (Å²) in [7, 11) is 4.29. The second-order valence-corrected chi connectivity index (χ2v) is 24.4. The van der Waals surface area contributed by atoms with E-state index in [1.54, 1.807) is 11.8 Å². The van der Waals surface area contributed by atoms with Crippen LogP contribution in [0.1, 0.15) is 318 Å². The molecule has 470 valence electrons. The zero-order chi connectivity index (χ0) is 57.9.